The van der Waals surface area contributed by atoms with Gasteiger partial charge < -0.3 is 23.7 Å². The van der Waals surface area contributed by atoms with Gasteiger partial charge in [0.05, 0.1) is 32.5 Å². The molecule has 1 aliphatic heterocycles. The second-order valence-corrected chi connectivity index (χ2v) is 15.7. The molecule has 1 aromatic rings. The molecular formula is C26H46O5Si. The van der Waals surface area contributed by atoms with Crippen LogP contribution in [0.15, 0.2) is 30.3 Å². The van der Waals surface area contributed by atoms with E-state index in [9.17, 15) is 5.11 Å². The summed E-state index contributed by atoms with van der Waals surface area (Å²) in [5.74, 6) is -0.763. The van der Waals surface area contributed by atoms with E-state index >= 15 is 0 Å². The number of rotatable bonds is 14. The molecule has 184 valence electrons. The molecule has 1 fully saturated rings. The molecule has 32 heavy (non-hydrogen) atoms. The second-order valence-electron chi connectivity index (χ2n) is 10.3. The third-order valence-electron chi connectivity index (χ3n) is 7.03. The first-order valence-corrected chi connectivity index (χ1v) is 14.5. The Kier molecular flexibility index (Phi) is 10.8. The normalized spacial score (nSPS) is 18.6. The fourth-order valence-corrected chi connectivity index (χ4v) is 10.8. The van der Waals surface area contributed by atoms with Crippen LogP contribution in [0, 0.1) is 5.92 Å². The monoisotopic (exact) mass is 466 g/mol. The SMILES string of the molecule is CC(C)[Si](OC[C@@H](C)[C@H](O)CC1(CCOCc2ccccc2)OCCO1)(C(C)C)C(C)C. The van der Waals surface area contributed by atoms with Crippen LogP contribution >= 0.6 is 0 Å². The minimum atomic E-state index is -1.95. The van der Waals surface area contributed by atoms with Crippen molar-refractivity contribution >= 4 is 8.32 Å². The van der Waals surface area contributed by atoms with Crippen molar-refractivity contribution in [3.8, 4) is 0 Å². The van der Waals surface area contributed by atoms with Crippen molar-refractivity contribution in [2.24, 2.45) is 5.92 Å². The Labute approximate surface area is 196 Å². The van der Waals surface area contributed by atoms with E-state index < -0.39 is 20.2 Å². The summed E-state index contributed by atoms with van der Waals surface area (Å²) >= 11 is 0. The fraction of sp³-hybridized carbons (Fsp3) is 0.769. The van der Waals surface area contributed by atoms with Crippen molar-refractivity contribution in [2.45, 2.75) is 96.4 Å². The van der Waals surface area contributed by atoms with Crippen molar-refractivity contribution in [3.63, 3.8) is 0 Å². The molecule has 0 aromatic heterocycles. The van der Waals surface area contributed by atoms with Gasteiger partial charge in [-0.2, -0.15) is 0 Å². The largest absolute Gasteiger partial charge is 0.416 e. The van der Waals surface area contributed by atoms with Crippen LogP contribution in [-0.2, 0) is 25.2 Å². The van der Waals surface area contributed by atoms with E-state index in [1.54, 1.807) is 0 Å². The predicted molar refractivity (Wildman–Crippen MR) is 132 cm³/mol. The quantitative estimate of drug-likeness (QED) is 0.273. The molecule has 1 saturated heterocycles. The molecule has 1 aliphatic rings. The van der Waals surface area contributed by atoms with Crippen LogP contribution in [0.1, 0.15) is 66.9 Å². The summed E-state index contributed by atoms with van der Waals surface area (Å²) in [7, 11) is -1.95. The van der Waals surface area contributed by atoms with Crippen molar-refractivity contribution in [1.29, 1.82) is 0 Å². The van der Waals surface area contributed by atoms with Gasteiger partial charge in [-0.25, -0.2) is 0 Å². The summed E-state index contributed by atoms with van der Waals surface area (Å²) in [6.45, 7) is 18.6. The van der Waals surface area contributed by atoms with E-state index in [-0.39, 0.29) is 5.92 Å². The minimum absolute atomic E-state index is 0.00744. The van der Waals surface area contributed by atoms with Gasteiger partial charge in [0.25, 0.3) is 0 Å². The Morgan fingerprint density at radius 3 is 2.03 bits per heavy atom. The molecule has 0 aliphatic carbocycles. The average Bonchev–Trinajstić information content (AvgIpc) is 3.20. The lowest BCUT2D eigenvalue weighted by Crippen LogP contribution is -2.49. The molecule has 6 heteroatoms. The summed E-state index contributed by atoms with van der Waals surface area (Å²) < 4.78 is 24.5. The van der Waals surface area contributed by atoms with Gasteiger partial charge in [-0.3, -0.25) is 0 Å². The first-order valence-electron chi connectivity index (χ1n) is 12.3. The molecule has 0 spiro atoms. The number of hydrogen-bond donors (Lipinski definition) is 1. The van der Waals surface area contributed by atoms with Crippen LogP contribution in [0.5, 0.6) is 0 Å². The van der Waals surface area contributed by atoms with Crippen molar-refractivity contribution in [3.05, 3.63) is 35.9 Å². The van der Waals surface area contributed by atoms with Crippen molar-refractivity contribution in [1.82, 2.24) is 0 Å². The maximum Gasteiger partial charge on any atom is 0.200 e. The van der Waals surface area contributed by atoms with E-state index in [0.717, 1.165) is 5.56 Å². The number of aliphatic hydroxyl groups is 1. The van der Waals surface area contributed by atoms with Gasteiger partial charge in [-0.05, 0) is 22.2 Å². The topological polar surface area (TPSA) is 57.2 Å². The number of benzene rings is 1. The molecule has 0 radical (unpaired) electrons. The Hall–Kier alpha value is -0.763. The highest BCUT2D eigenvalue weighted by atomic mass is 28.4. The first kappa shape index (κ1) is 27.5. The van der Waals surface area contributed by atoms with Gasteiger partial charge in [-0.1, -0.05) is 78.8 Å². The fourth-order valence-electron chi connectivity index (χ4n) is 5.26. The third-order valence-corrected chi connectivity index (χ3v) is 13.1. The Morgan fingerprint density at radius 2 is 1.50 bits per heavy atom. The van der Waals surface area contributed by atoms with E-state index in [4.69, 9.17) is 18.6 Å². The highest BCUT2D eigenvalue weighted by Gasteiger charge is 2.46. The zero-order valence-electron chi connectivity index (χ0n) is 21.3. The maximum absolute atomic E-state index is 11.0. The van der Waals surface area contributed by atoms with Crippen LogP contribution in [0.3, 0.4) is 0 Å². The lowest BCUT2D eigenvalue weighted by molar-refractivity contribution is -0.193. The third kappa shape index (κ3) is 7.12. The van der Waals surface area contributed by atoms with Crippen LogP contribution in [0.2, 0.25) is 16.6 Å². The molecule has 2 atom stereocenters. The van der Waals surface area contributed by atoms with Crippen molar-refractivity contribution in [2.75, 3.05) is 26.4 Å². The van der Waals surface area contributed by atoms with E-state index in [0.29, 0.717) is 62.5 Å². The van der Waals surface area contributed by atoms with Crippen molar-refractivity contribution < 1.29 is 23.7 Å². The summed E-state index contributed by atoms with van der Waals surface area (Å²) in [6.07, 6.45) is 0.485. The highest BCUT2D eigenvalue weighted by Crippen LogP contribution is 2.42. The average molecular weight is 467 g/mol. The second kappa shape index (κ2) is 12.6. The van der Waals surface area contributed by atoms with Gasteiger partial charge >= 0.3 is 0 Å². The Morgan fingerprint density at radius 1 is 0.938 bits per heavy atom. The lowest BCUT2D eigenvalue weighted by Gasteiger charge is -2.43. The maximum atomic E-state index is 11.0. The summed E-state index contributed by atoms with van der Waals surface area (Å²) in [6, 6.07) is 10.1. The summed E-state index contributed by atoms with van der Waals surface area (Å²) in [4.78, 5) is 0. The Balaban J connectivity index is 1.90. The van der Waals surface area contributed by atoms with Gasteiger partial charge in [0.15, 0.2) is 14.1 Å². The van der Waals surface area contributed by atoms with Crippen LogP contribution in [-0.4, -0.2) is 51.7 Å². The number of ether oxygens (including phenoxy) is 3. The van der Waals surface area contributed by atoms with E-state index in [2.05, 4.69) is 60.6 Å². The van der Waals surface area contributed by atoms with Gasteiger partial charge in [0.2, 0.25) is 0 Å². The molecule has 2 rings (SSSR count). The van der Waals surface area contributed by atoms with Gasteiger partial charge in [0.1, 0.15) is 0 Å². The number of hydrogen-bond acceptors (Lipinski definition) is 5. The van der Waals surface area contributed by atoms with E-state index in [1.807, 2.05) is 18.2 Å². The zero-order chi connectivity index (χ0) is 23.8. The predicted octanol–water partition coefficient (Wildman–Crippen LogP) is 5.92. The highest BCUT2D eigenvalue weighted by molar-refractivity contribution is 6.77. The van der Waals surface area contributed by atoms with Crippen LogP contribution < -0.4 is 0 Å². The zero-order valence-corrected chi connectivity index (χ0v) is 22.3. The first-order chi connectivity index (χ1) is 15.1. The molecule has 1 N–H and O–H groups in total. The van der Waals surface area contributed by atoms with Gasteiger partial charge in [0, 0.05) is 25.4 Å². The molecule has 5 nitrogen and oxygen atoms in total. The van der Waals surface area contributed by atoms with Gasteiger partial charge in [-0.15, -0.1) is 0 Å². The van der Waals surface area contributed by atoms with Crippen LogP contribution in [0.4, 0.5) is 0 Å². The molecule has 0 amide bonds. The summed E-state index contributed by atoms with van der Waals surface area (Å²) in [5.41, 5.74) is 2.73. The Bertz CT molecular complexity index is 621. The molecule has 0 saturated carbocycles. The molecule has 1 aromatic carbocycles. The molecule has 1 heterocycles. The lowest BCUT2D eigenvalue weighted by atomic mass is 9.96. The molecular weight excluding hydrogens is 420 g/mol. The molecule has 0 bridgehead atoms. The summed E-state index contributed by atoms with van der Waals surface area (Å²) in [5, 5.41) is 11.0. The van der Waals surface area contributed by atoms with Crippen LogP contribution in [0.25, 0.3) is 0 Å². The van der Waals surface area contributed by atoms with E-state index in [1.165, 1.54) is 0 Å². The number of aliphatic hydroxyl groups excluding tert-OH is 1. The smallest absolute Gasteiger partial charge is 0.200 e. The standard InChI is InChI=1S/C26H46O5Si/c1-20(2)32(21(3)4,22(5)6)31-18-23(7)25(27)17-26(29-15-16-30-26)13-14-28-19-24-11-9-8-10-12-24/h8-12,20-23,25,27H,13-19H2,1-7H3/t23-,25-/m1/s1. The minimum Gasteiger partial charge on any atom is -0.416 e. The molecule has 0 unspecified atom stereocenters.